The first-order valence-corrected chi connectivity index (χ1v) is 29.0. The van der Waals surface area contributed by atoms with Crippen LogP contribution < -0.4 is 20.7 Å². The van der Waals surface area contributed by atoms with E-state index in [0.717, 1.165) is 59.5 Å². The Balaban J connectivity index is 0.685. The van der Waals surface area contributed by atoms with Crippen LogP contribution in [0.3, 0.4) is 0 Å². The zero-order valence-electron chi connectivity index (χ0n) is 47.6. The molecule has 1 fully saturated rings. The average Bonchev–Trinajstić information content (AvgIpc) is 4.31. The number of rotatable bonds is 25. The van der Waals surface area contributed by atoms with Crippen molar-refractivity contribution in [1.29, 1.82) is 0 Å². The number of hydrogen-bond donors (Lipinski definition) is 3. The molecule has 1 unspecified atom stereocenters. The smallest absolute Gasteiger partial charge is 0.308 e. The molecule has 4 amide bonds. The van der Waals surface area contributed by atoms with Gasteiger partial charge in [-0.25, -0.2) is 4.98 Å². The second-order valence-corrected chi connectivity index (χ2v) is 23.3. The number of methoxy groups -OCH3 is 1. The summed E-state index contributed by atoms with van der Waals surface area (Å²) in [6.45, 7) is 17.5. The number of hydrogen-bond acceptors (Lipinski definition) is 16. The van der Waals surface area contributed by atoms with E-state index in [1.165, 1.54) is 7.11 Å². The number of nitrogens with one attached hydrogen (secondary N) is 3. The Morgan fingerprint density at radius 2 is 1.48 bits per heavy atom. The maximum Gasteiger partial charge on any atom is 0.308 e. The van der Waals surface area contributed by atoms with Crippen LogP contribution in [0.15, 0.2) is 83.3 Å². The van der Waals surface area contributed by atoms with Crippen molar-refractivity contribution in [2.45, 2.75) is 112 Å². The molecule has 0 saturated carbocycles. The van der Waals surface area contributed by atoms with Gasteiger partial charge >= 0.3 is 5.97 Å². The van der Waals surface area contributed by atoms with E-state index in [1.807, 2.05) is 124 Å². The number of ether oxygens (including phenoxy) is 5. The Labute approximate surface area is 481 Å². The van der Waals surface area contributed by atoms with Crippen molar-refractivity contribution in [3.05, 3.63) is 128 Å². The molecule has 3 aromatic carbocycles. The molecule has 0 bridgehead atoms. The zero-order chi connectivity index (χ0) is 57.8. The molecule has 430 valence electrons. The summed E-state index contributed by atoms with van der Waals surface area (Å²) in [6.07, 6.45) is 2.06. The molecule has 1 saturated heterocycles. The first-order chi connectivity index (χ1) is 38.9. The molecule has 4 atom stereocenters. The first-order valence-electron chi connectivity index (χ1n) is 27.3. The van der Waals surface area contributed by atoms with E-state index in [9.17, 15) is 24.0 Å². The van der Waals surface area contributed by atoms with E-state index in [0.29, 0.717) is 75.3 Å². The highest BCUT2D eigenvalue weighted by atomic mass is 32.1. The lowest BCUT2D eigenvalue weighted by atomic mass is 9.85. The zero-order valence-corrected chi connectivity index (χ0v) is 49.2. The molecule has 2 aliphatic heterocycles. The van der Waals surface area contributed by atoms with Gasteiger partial charge in [-0.1, -0.05) is 69.3 Å². The molecule has 6 aromatic rings. The van der Waals surface area contributed by atoms with Gasteiger partial charge < -0.3 is 44.5 Å². The molecule has 5 heterocycles. The van der Waals surface area contributed by atoms with E-state index in [4.69, 9.17) is 28.7 Å². The van der Waals surface area contributed by atoms with Gasteiger partial charge in [0.15, 0.2) is 5.82 Å². The lowest BCUT2D eigenvalue weighted by Crippen LogP contribution is -2.58. The number of thiophene rings is 1. The van der Waals surface area contributed by atoms with E-state index in [1.54, 1.807) is 27.6 Å². The molecule has 0 aliphatic carbocycles. The average molecular weight is 1140 g/mol. The summed E-state index contributed by atoms with van der Waals surface area (Å²) in [5.41, 5.74) is 9.50. The second kappa shape index (κ2) is 27.5. The molecular weight excluding hydrogens is 1070 g/mol. The predicted molar refractivity (Wildman–Crippen MR) is 311 cm³/mol. The van der Waals surface area contributed by atoms with Gasteiger partial charge in [0.25, 0.3) is 0 Å². The standard InChI is InChI=1S/C60H73N9O10S2/c1-36-39(4)81-59-52(36)53(64-47(33-51(72)75-9)56-67-66-40(5)69(56)59)43-19-21-45(22-20-43)63-49(70)25-14-41-12-23-46(24-13-41)79-32-31-77-28-27-76-29-30-78-34-50(71)65-55(60(6,7)8)58(74)68-26-10-11-48(68)57(73)62-37(2)42-15-17-44(18-16-42)54-38(3)61-35-80-54/h12-13,15-24,35,37,47-48,55H,10-11,14,25-34H2,1-9H3,(H,62,73)(H,63,70)(H,65,71)/t37-,47-,48-,55?/m0/s1. The summed E-state index contributed by atoms with van der Waals surface area (Å²) in [6, 6.07) is 20.9. The van der Waals surface area contributed by atoms with Crippen LogP contribution in [0.25, 0.3) is 15.4 Å². The molecule has 0 radical (unpaired) electrons. The minimum Gasteiger partial charge on any atom is -0.491 e. The maximum absolute atomic E-state index is 14.0. The fourth-order valence-corrected chi connectivity index (χ4v) is 11.8. The van der Waals surface area contributed by atoms with Gasteiger partial charge in [0.05, 0.1) is 74.4 Å². The van der Waals surface area contributed by atoms with Gasteiger partial charge in [-0.15, -0.1) is 32.9 Å². The number of carbonyl (C=O) groups excluding carboxylic acids is 5. The van der Waals surface area contributed by atoms with Crippen LogP contribution in [0.4, 0.5) is 5.69 Å². The number of anilines is 1. The van der Waals surface area contributed by atoms with Crippen molar-refractivity contribution < 1.29 is 47.7 Å². The number of thiazole rings is 1. The number of fused-ring (bicyclic) bond motifs is 3. The maximum atomic E-state index is 14.0. The molecule has 19 nitrogen and oxygen atoms in total. The summed E-state index contributed by atoms with van der Waals surface area (Å²) < 4.78 is 29.7. The fraction of sp³-hybridized carbons (Fsp3) is 0.450. The van der Waals surface area contributed by atoms with Crippen molar-refractivity contribution >= 4 is 63.7 Å². The van der Waals surface area contributed by atoms with Gasteiger partial charge in [0.2, 0.25) is 23.6 Å². The third-order valence-corrected chi connectivity index (χ3v) is 16.5. The molecule has 21 heteroatoms. The number of aryl methyl sites for hydroxylation is 4. The van der Waals surface area contributed by atoms with E-state index in [2.05, 4.69) is 45.0 Å². The number of benzene rings is 3. The highest BCUT2D eigenvalue weighted by molar-refractivity contribution is 7.15. The lowest BCUT2D eigenvalue weighted by molar-refractivity contribution is -0.144. The van der Waals surface area contributed by atoms with Crippen LogP contribution in [0.5, 0.6) is 5.75 Å². The number of esters is 1. The Morgan fingerprint density at radius 3 is 2.15 bits per heavy atom. The van der Waals surface area contributed by atoms with Crippen molar-refractivity contribution in [3.8, 4) is 21.2 Å². The van der Waals surface area contributed by atoms with Crippen molar-refractivity contribution in [1.82, 2.24) is 35.3 Å². The van der Waals surface area contributed by atoms with Crippen LogP contribution in [-0.2, 0) is 49.3 Å². The molecule has 81 heavy (non-hydrogen) atoms. The SMILES string of the molecule is COC(=O)C[C@@H]1N=C(c2ccc(NC(=O)CCc3ccc(OCCOCCOCCOCC(=O)NC(C(=O)N4CCC[C@H]4C(=O)N[C@@H](C)c4ccc(-c5scnc5C)cc4)C(C)(C)C)cc3)cc2)c2c(sc(C)c2C)-n2c(C)nnc21. The number of aromatic nitrogens is 4. The van der Waals surface area contributed by atoms with Gasteiger partial charge in [0.1, 0.15) is 47.9 Å². The number of likely N-dealkylation sites (tertiary alicyclic amines) is 1. The van der Waals surface area contributed by atoms with E-state index < -0.39 is 35.4 Å². The predicted octanol–water partition coefficient (Wildman–Crippen LogP) is 8.54. The monoisotopic (exact) mass is 1140 g/mol. The topological polar surface area (TPSA) is 227 Å². The van der Waals surface area contributed by atoms with Crippen molar-refractivity contribution in [2.75, 3.05) is 65.2 Å². The molecule has 8 rings (SSSR count). The van der Waals surface area contributed by atoms with Crippen molar-refractivity contribution in [3.63, 3.8) is 0 Å². The lowest BCUT2D eigenvalue weighted by Gasteiger charge is -2.35. The van der Waals surface area contributed by atoms with Crippen LogP contribution >= 0.6 is 22.7 Å². The minimum atomic E-state index is -0.863. The normalized spacial score (nSPS) is 15.7. The summed E-state index contributed by atoms with van der Waals surface area (Å²) in [5, 5.41) is 18.7. The van der Waals surface area contributed by atoms with Crippen LogP contribution in [0.1, 0.15) is 115 Å². The second-order valence-electron chi connectivity index (χ2n) is 21.2. The van der Waals surface area contributed by atoms with Gasteiger partial charge in [-0.3, -0.25) is 33.5 Å². The van der Waals surface area contributed by atoms with Crippen LogP contribution in [0, 0.1) is 33.1 Å². The largest absolute Gasteiger partial charge is 0.491 e. The molecule has 2 aliphatic rings. The summed E-state index contributed by atoms with van der Waals surface area (Å²) in [4.78, 5) is 79.6. The minimum absolute atomic E-state index is 0.0150. The molecule has 3 N–H and O–H groups in total. The number of carbonyl (C=O) groups is 5. The highest BCUT2D eigenvalue weighted by Gasteiger charge is 2.42. The van der Waals surface area contributed by atoms with Gasteiger partial charge in [-0.05, 0) is 106 Å². The van der Waals surface area contributed by atoms with Crippen LogP contribution in [0.2, 0.25) is 0 Å². The third kappa shape index (κ3) is 15.2. The highest BCUT2D eigenvalue weighted by Crippen LogP contribution is 2.40. The third-order valence-electron chi connectivity index (χ3n) is 14.3. The molecule has 3 aromatic heterocycles. The van der Waals surface area contributed by atoms with E-state index >= 15 is 0 Å². The van der Waals surface area contributed by atoms with Gasteiger partial charge in [0, 0.05) is 34.7 Å². The summed E-state index contributed by atoms with van der Waals surface area (Å²) in [5.74, 6) is 0.519. The molecule has 0 spiro atoms. The number of aliphatic imine (C=N–C) groups is 1. The van der Waals surface area contributed by atoms with Crippen LogP contribution in [-0.4, -0.2) is 132 Å². The Kier molecular flexibility index (Phi) is 20.4. The van der Waals surface area contributed by atoms with Crippen molar-refractivity contribution in [2.24, 2.45) is 10.4 Å². The fourth-order valence-electron chi connectivity index (χ4n) is 9.75. The van der Waals surface area contributed by atoms with Gasteiger partial charge in [-0.2, -0.15) is 0 Å². The Hall–Kier alpha value is -7.17. The number of nitrogens with zero attached hydrogens (tertiary/aromatic N) is 6. The first kappa shape index (κ1) is 59.9. The Morgan fingerprint density at radius 1 is 0.802 bits per heavy atom. The summed E-state index contributed by atoms with van der Waals surface area (Å²) in [7, 11) is 1.36. The summed E-state index contributed by atoms with van der Waals surface area (Å²) >= 11 is 3.23. The molecular formula is C60H73N9O10S2. The Bertz CT molecular complexity index is 3180. The number of amides is 4. The van der Waals surface area contributed by atoms with E-state index in [-0.39, 0.29) is 56.4 Å². The quantitative estimate of drug-likeness (QED) is 0.0361.